The molecule has 1 fully saturated rings. The van der Waals surface area contributed by atoms with Crippen molar-refractivity contribution in [3.8, 4) is 0 Å². The number of aldehydes is 1. The Morgan fingerprint density at radius 3 is 3.08 bits per heavy atom. The molecule has 3 nitrogen and oxygen atoms in total. The van der Waals surface area contributed by atoms with Crippen LogP contribution in [0.1, 0.15) is 36.8 Å². The third kappa shape index (κ3) is 1.26. The Labute approximate surface area is 70.8 Å². The van der Waals surface area contributed by atoms with Crippen LogP contribution in [-0.4, -0.2) is 11.3 Å². The minimum atomic E-state index is 0.371. The maximum Gasteiger partial charge on any atom is 0.197 e. The molecule has 3 heteroatoms. The molecule has 0 unspecified atom stereocenters. The van der Waals surface area contributed by atoms with Gasteiger partial charge in [-0.25, -0.2) is 4.98 Å². The highest BCUT2D eigenvalue weighted by atomic mass is 16.3. The first kappa shape index (κ1) is 7.53. The van der Waals surface area contributed by atoms with Gasteiger partial charge in [-0.2, -0.15) is 0 Å². The Morgan fingerprint density at radius 2 is 2.50 bits per heavy atom. The van der Waals surface area contributed by atoms with Crippen molar-refractivity contribution in [1.29, 1.82) is 0 Å². The highest BCUT2D eigenvalue weighted by Crippen LogP contribution is 2.35. The van der Waals surface area contributed by atoms with E-state index in [2.05, 4.69) is 4.98 Å². The number of nitrogens with zero attached hydrogens (tertiary/aromatic N) is 1. The average Bonchev–Trinajstić information content (AvgIpc) is 2.34. The Morgan fingerprint density at radius 1 is 1.67 bits per heavy atom. The molecule has 0 bridgehead atoms. The highest BCUT2D eigenvalue weighted by molar-refractivity contribution is 5.53. The summed E-state index contributed by atoms with van der Waals surface area (Å²) in [5.41, 5.74) is 0.756. The summed E-state index contributed by atoms with van der Waals surface area (Å²) in [6, 6.07) is 0. The van der Waals surface area contributed by atoms with Gasteiger partial charge >= 0.3 is 0 Å². The van der Waals surface area contributed by atoms with Crippen molar-refractivity contribution in [1.82, 2.24) is 4.98 Å². The summed E-state index contributed by atoms with van der Waals surface area (Å²) >= 11 is 0. The Kier molecular flexibility index (Phi) is 1.94. The van der Waals surface area contributed by atoms with Gasteiger partial charge in [0.25, 0.3) is 0 Å². The number of carbonyl (C=O) groups is 1. The molecule has 64 valence electrons. The number of oxazole rings is 1. The van der Waals surface area contributed by atoms with E-state index in [-0.39, 0.29) is 0 Å². The first-order valence-electron chi connectivity index (χ1n) is 4.28. The lowest BCUT2D eigenvalue weighted by molar-refractivity contribution is -0.107. The lowest BCUT2D eigenvalue weighted by Gasteiger charge is -2.21. The SMILES string of the molecule is O=CCc1coc(C2CCC2)n1. The molecule has 0 radical (unpaired) electrons. The van der Waals surface area contributed by atoms with E-state index < -0.39 is 0 Å². The van der Waals surface area contributed by atoms with Gasteiger partial charge in [0, 0.05) is 12.3 Å². The zero-order chi connectivity index (χ0) is 8.39. The first-order chi connectivity index (χ1) is 5.90. The molecule has 1 aromatic heterocycles. The monoisotopic (exact) mass is 165 g/mol. The van der Waals surface area contributed by atoms with Crippen molar-refractivity contribution in [3.05, 3.63) is 17.8 Å². The van der Waals surface area contributed by atoms with Crippen LogP contribution in [0, 0.1) is 0 Å². The molecule has 0 spiro atoms. The molecule has 0 atom stereocenters. The van der Waals surface area contributed by atoms with Gasteiger partial charge in [-0.3, -0.25) is 0 Å². The van der Waals surface area contributed by atoms with Gasteiger partial charge in [0.1, 0.15) is 12.5 Å². The Balaban J connectivity index is 2.07. The first-order valence-corrected chi connectivity index (χ1v) is 4.28. The molecule has 2 rings (SSSR count). The van der Waals surface area contributed by atoms with E-state index in [1.807, 2.05) is 0 Å². The van der Waals surface area contributed by atoms with Crippen molar-refractivity contribution < 1.29 is 9.21 Å². The molecular weight excluding hydrogens is 154 g/mol. The van der Waals surface area contributed by atoms with Gasteiger partial charge < -0.3 is 9.21 Å². The van der Waals surface area contributed by atoms with Crippen molar-refractivity contribution in [3.63, 3.8) is 0 Å². The number of hydrogen-bond acceptors (Lipinski definition) is 3. The van der Waals surface area contributed by atoms with Gasteiger partial charge in [0.15, 0.2) is 5.89 Å². The number of aromatic nitrogens is 1. The maximum atomic E-state index is 10.2. The summed E-state index contributed by atoms with van der Waals surface area (Å²) in [7, 11) is 0. The van der Waals surface area contributed by atoms with E-state index in [4.69, 9.17) is 4.42 Å². The highest BCUT2D eigenvalue weighted by Gasteiger charge is 2.23. The third-order valence-electron chi connectivity index (χ3n) is 2.32. The summed E-state index contributed by atoms with van der Waals surface area (Å²) in [6.45, 7) is 0. The normalized spacial score (nSPS) is 17.3. The molecule has 0 aliphatic heterocycles. The lowest BCUT2D eigenvalue weighted by atomic mass is 9.85. The fourth-order valence-electron chi connectivity index (χ4n) is 1.34. The van der Waals surface area contributed by atoms with Gasteiger partial charge in [-0.05, 0) is 12.8 Å². The standard InChI is InChI=1S/C9H11NO2/c11-5-4-8-6-12-9(10-8)7-2-1-3-7/h5-7H,1-4H2. The summed E-state index contributed by atoms with van der Waals surface area (Å²) in [4.78, 5) is 14.4. The minimum absolute atomic E-state index is 0.371. The van der Waals surface area contributed by atoms with E-state index in [1.54, 1.807) is 6.26 Å². The molecule has 1 aliphatic rings. The van der Waals surface area contributed by atoms with Crippen LogP contribution in [0.3, 0.4) is 0 Å². The Bertz CT molecular complexity index is 276. The molecule has 12 heavy (non-hydrogen) atoms. The number of rotatable bonds is 3. The second kappa shape index (κ2) is 3.09. The molecule has 0 aromatic carbocycles. The molecule has 1 aromatic rings. The van der Waals surface area contributed by atoms with Crippen LogP contribution >= 0.6 is 0 Å². The zero-order valence-electron chi connectivity index (χ0n) is 6.82. The quantitative estimate of drug-likeness (QED) is 0.640. The molecule has 1 aliphatic carbocycles. The van der Waals surface area contributed by atoms with Gasteiger partial charge in [0.2, 0.25) is 0 Å². The smallest absolute Gasteiger partial charge is 0.197 e. The molecule has 1 heterocycles. The van der Waals surface area contributed by atoms with E-state index >= 15 is 0 Å². The van der Waals surface area contributed by atoms with Gasteiger partial charge in [-0.1, -0.05) is 6.42 Å². The summed E-state index contributed by atoms with van der Waals surface area (Å²) < 4.78 is 5.25. The second-order valence-corrected chi connectivity index (χ2v) is 3.18. The number of carbonyl (C=O) groups excluding carboxylic acids is 1. The predicted octanol–water partition coefficient (Wildman–Crippen LogP) is 1.68. The van der Waals surface area contributed by atoms with Crippen LogP contribution in [0.25, 0.3) is 0 Å². The second-order valence-electron chi connectivity index (χ2n) is 3.18. The molecule has 0 saturated heterocycles. The average molecular weight is 165 g/mol. The van der Waals surface area contributed by atoms with E-state index in [9.17, 15) is 4.79 Å². The predicted molar refractivity (Wildman–Crippen MR) is 42.9 cm³/mol. The summed E-state index contributed by atoms with van der Waals surface area (Å²) in [5, 5.41) is 0. The van der Waals surface area contributed by atoms with Crippen LogP contribution in [0.15, 0.2) is 10.7 Å². The zero-order valence-corrected chi connectivity index (χ0v) is 6.82. The Hall–Kier alpha value is -1.12. The van der Waals surface area contributed by atoms with Crippen LogP contribution in [0.2, 0.25) is 0 Å². The topological polar surface area (TPSA) is 43.1 Å². The van der Waals surface area contributed by atoms with Crippen molar-refractivity contribution in [2.75, 3.05) is 0 Å². The fraction of sp³-hybridized carbons (Fsp3) is 0.556. The van der Waals surface area contributed by atoms with E-state index in [0.717, 1.165) is 17.9 Å². The van der Waals surface area contributed by atoms with E-state index in [0.29, 0.717) is 12.3 Å². The van der Waals surface area contributed by atoms with Crippen molar-refractivity contribution >= 4 is 6.29 Å². The minimum Gasteiger partial charge on any atom is -0.448 e. The summed E-state index contributed by atoms with van der Waals surface area (Å²) in [5.74, 6) is 1.34. The molecule has 1 saturated carbocycles. The third-order valence-corrected chi connectivity index (χ3v) is 2.32. The van der Waals surface area contributed by atoms with Gasteiger partial charge in [0.05, 0.1) is 5.69 Å². The van der Waals surface area contributed by atoms with Crippen molar-refractivity contribution in [2.45, 2.75) is 31.6 Å². The molecule has 0 N–H and O–H groups in total. The molecule has 0 amide bonds. The van der Waals surface area contributed by atoms with E-state index in [1.165, 1.54) is 19.3 Å². The largest absolute Gasteiger partial charge is 0.448 e. The van der Waals surface area contributed by atoms with Crippen LogP contribution in [0.4, 0.5) is 0 Å². The number of hydrogen-bond donors (Lipinski definition) is 0. The summed E-state index contributed by atoms with van der Waals surface area (Å²) in [6.07, 6.45) is 6.44. The fourth-order valence-corrected chi connectivity index (χ4v) is 1.34. The maximum absolute atomic E-state index is 10.2. The lowest BCUT2D eigenvalue weighted by Crippen LogP contribution is -2.08. The van der Waals surface area contributed by atoms with Crippen LogP contribution in [0.5, 0.6) is 0 Å². The van der Waals surface area contributed by atoms with Crippen molar-refractivity contribution in [2.24, 2.45) is 0 Å². The van der Waals surface area contributed by atoms with Crippen LogP contribution < -0.4 is 0 Å². The van der Waals surface area contributed by atoms with Crippen LogP contribution in [-0.2, 0) is 11.2 Å². The van der Waals surface area contributed by atoms with Gasteiger partial charge in [-0.15, -0.1) is 0 Å². The molecular formula is C9H11NO2.